The van der Waals surface area contributed by atoms with Gasteiger partial charge in [-0.25, -0.2) is 0 Å². The summed E-state index contributed by atoms with van der Waals surface area (Å²) < 4.78 is 0. The number of hydrogen-bond donors (Lipinski definition) is 1. The normalized spacial score (nSPS) is 12.4. The van der Waals surface area contributed by atoms with Crippen LogP contribution >= 0.6 is 0 Å². The Labute approximate surface area is 116 Å². The summed E-state index contributed by atoms with van der Waals surface area (Å²) in [5.74, 6) is 0. The van der Waals surface area contributed by atoms with Crippen molar-refractivity contribution in [3.63, 3.8) is 0 Å². The standard InChI is InChI=1S/C16H24N2O/c1-3-18(12-6-4-5-11-17)13-16(19)15-9-7-14(2)8-10-15/h7-10,16,19H,3-6,12-13H2,1-2H3. The van der Waals surface area contributed by atoms with Crippen LogP contribution in [0.4, 0.5) is 0 Å². The van der Waals surface area contributed by atoms with E-state index in [9.17, 15) is 5.11 Å². The lowest BCUT2D eigenvalue weighted by Gasteiger charge is -2.23. The van der Waals surface area contributed by atoms with E-state index >= 15 is 0 Å². The van der Waals surface area contributed by atoms with E-state index in [1.807, 2.05) is 31.2 Å². The number of hydrogen-bond acceptors (Lipinski definition) is 3. The summed E-state index contributed by atoms with van der Waals surface area (Å²) in [5, 5.41) is 18.7. The molecular formula is C16H24N2O. The van der Waals surface area contributed by atoms with Gasteiger partial charge >= 0.3 is 0 Å². The maximum atomic E-state index is 10.2. The predicted octanol–water partition coefficient (Wildman–Crippen LogP) is 3.04. The third-order valence-electron chi connectivity index (χ3n) is 3.35. The molecule has 0 saturated carbocycles. The molecular weight excluding hydrogens is 236 g/mol. The van der Waals surface area contributed by atoms with Crippen LogP contribution in [-0.2, 0) is 0 Å². The Morgan fingerprint density at radius 1 is 1.26 bits per heavy atom. The molecule has 0 aliphatic heterocycles. The Morgan fingerprint density at radius 2 is 1.95 bits per heavy atom. The number of aryl methyl sites for hydroxylation is 1. The smallest absolute Gasteiger partial charge is 0.0916 e. The first-order chi connectivity index (χ1) is 9.17. The largest absolute Gasteiger partial charge is 0.387 e. The minimum absolute atomic E-state index is 0.434. The molecule has 1 aromatic rings. The average molecular weight is 260 g/mol. The summed E-state index contributed by atoms with van der Waals surface area (Å²) in [6, 6.07) is 10.2. The van der Waals surface area contributed by atoms with Crippen LogP contribution in [0.5, 0.6) is 0 Å². The van der Waals surface area contributed by atoms with Gasteiger partial charge in [-0.05, 0) is 38.4 Å². The molecule has 0 aliphatic carbocycles. The summed E-state index contributed by atoms with van der Waals surface area (Å²) in [7, 11) is 0. The molecule has 3 nitrogen and oxygen atoms in total. The summed E-state index contributed by atoms with van der Waals surface area (Å²) in [6.45, 7) is 6.68. The lowest BCUT2D eigenvalue weighted by Crippen LogP contribution is -2.29. The van der Waals surface area contributed by atoms with E-state index in [1.54, 1.807) is 0 Å². The SMILES string of the molecule is CCN(CCCCC#N)CC(O)c1ccc(C)cc1. The second-order valence-corrected chi connectivity index (χ2v) is 4.93. The molecule has 0 radical (unpaired) electrons. The third-order valence-corrected chi connectivity index (χ3v) is 3.35. The van der Waals surface area contributed by atoms with E-state index in [0.29, 0.717) is 13.0 Å². The van der Waals surface area contributed by atoms with Crippen LogP contribution in [-0.4, -0.2) is 29.6 Å². The minimum atomic E-state index is -0.434. The fourth-order valence-corrected chi connectivity index (χ4v) is 2.06. The van der Waals surface area contributed by atoms with E-state index in [1.165, 1.54) is 5.56 Å². The van der Waals surface area contributed by atoms with E-state index in [0.717, 1.165) is 31.5 Å². The number of rotatable bonds is 8. The topological polar surface area (TPSA) is 47.3 Å². The molecule has 0 heterocycles. The zero-order valence-electron chi connectivity index (χ0n) is 12.0. The van der Waals surface area contributed by atoms with Gasteiger partial charge in [-0.1, -0.05) is 36.8 Å². The molecule has 1 atom stereocenters. The van der Waals surface area contributed by atoms with Crippen molar-refractivity contribution in [3.05, 3.63) is 35.4 Å². The second kappa shape index (κ2) is 8.68. The molecule has 0 saturated heterocycles. The monoisotopic (exact) mass is 260 g/mol. The maximum absolute atomic E-state index is 10.2. The first kappa shape index (κ1) is 15.7. The number of nitriles is 1. The molecule has 0 fully saturated rings. The van der Waals surface area contributed by atoms with E-state index in [-0.39, 0.29) is 0 Å². The lowest BCUT2D eigenvalue weighted by atomic mass is 10.1. The van der Waals surface area contributed by atoms with Gasteiger partial charge in [0.05, 0.1) is 12.2 Å². The summed E-state index contributed by atoms with van der Waals surface area (Å²) in [6.07, 6.45) is 2.14. The van der Waals surface area contributed by atoms with Crippen LogP contribution in [0.2, 0.25) is 0 Å². The van der Waals surface area contributed by atoms with Gasteiger partial charge in [0, 0.05) is 13.0 Å². The molecule has 1 aromatic carbocycles. The Bertz CT molecular complexity index is 394. The molecule has 0 aliphatic rings. The molecule has 1 unspecified atom stereocenters. The van der Waals surface area contributed by atoms with Crippen LogP contribution in [0.25, 0.3) is 0 Å². The van der Waals surface area contributed by atoms with Crippen LogP contribution < -0.4 is 0 Å². The van der Waals surface area contributed by atoms with Crippen molar-refractivity contribution < 1.29 is 5.11 Å². The molecule has 0 amide bonds. The highest BCUT2D eigenvalue weighted by molar-refractivity contribution is 5.23. The number of nitrogens with zero attached hydrogens (tertiary/aromatic N) is 2. The first-order valence-corrected chi connectivity index (χ1v) is 7.01. The van der Waals surface area contributed by atoms with Gasteiger partial charge in [-0.2, -0.15) is 5.26 Å². The van der Waals surface area contributed by atoms with Gasteiger partial charge in [0.25, 0.3) is 0 Å². The maximum Gasteiger partial charge on any atom is 0.0916 e. The second-order valence-electron chi connectivity index (χ2n) is 4.93. The molecule has 0 spiro atoms. The number of unbranched alkanes of at least 4 members (excludes halogenated alkanes) is 2. The Morgan fingerprint density at radius 3 is 2.53 bits per heavy atom. The zero-order valence-corrected chi connectivity index (χ0v) is 12.0. The van der Waals surface area contributed by atoms with Crippen molar-refractivity contribution in [2.24, 2.45) is 0 Å². The number of likely N-dealkylation sites (N-methyl/N-ethyl adjacent to an activating group) is 1. The molecule has 1 N–H and O–H groups in total. The Kier molecular flexibility index (Phi) is 7.17. The highest BCUT2D eigenvalue weighted by Crippen LogP contribution is 2.15. The van der Waals surface area contributed by atoms with Gasteiger partial charge in [-0.3, -0.25) is 0 Å². The molecule has 0 aromatic heterocycles. The van der Waals surface area contributed by atoms with Crippen LogP contribution in [0.15, 0.2) is 24.3 Å². The number of aliphatic hydroxyl groups excluding tert-OH is 1. The molecule has 104 valence electrons. The van der Waals surface area contributed by atoms with Crippen molar-refractivity contribution in [2.45, 2.75) is 39.2 Å². The fourth-order valence-electron chi connectivity index (χ4n) is 2.06. The van der Waals surface area contributed by atoms with Crippen molar-refractivity contribution in [2.75, 3.05) is 19.6 Å². The zero-order chi connectivity index (χ0) is 14.1. The minimum Gasteiger partial charge on any atom is -0.387 e. The van der Waals surface area contributed by atoms with Gasteiger partial charge < -0.3 is 10.0 Å². The Hall–Kier alpha value is -1.37. The fraction of sp³-hybridized carbons (Fsp3) is 0.562. The molecule has 1 rings (SSSR count). The summed E-state index contributed by atoms with van der Waals surface area (Å²) >= 11 is 0. The summed E-state index contributed by atoms with van der Waals surface area (Å²) in [5.41, 5.74) is 2.18. The van der Waals surface area contributed by atoms with Crippen LogP contribution in [0.3, 0.4) is 0 Å². The molecule has 0 bridgehead atoms. The average Bonchev–Trinajstić information content (AvgIpc) is 2.42. The predicted molar refractivity (Wildman–Crippen MR) is 77.7 cm³/mol. The lowest BCUT2D eigenvalue weighted by molar-refractivity contribution is 0.115. The van der Waals surface area contributed by atoms with E-state index in [4.69, 9.17) is 5.26 Å². The van der Waals surface area contributed by atoms with Gasteiger partial charge in [0.2, 0.25) is 0 Å². The van der Waals surface area contributed by atoms with Crippen LogP contribution in [0, 0.1) is 18.3 Å². The van der Waals surface area contributed by atoms with Crippen molar-refractivity contribution in [1.29, 1.82) is 5.26 Å². The first-order valence-electron chi connectivity index (χ1n) is 7.01. The van der Waals surface area contributed by atoms with Crippen molar-refractivity contribution in [3.8, 4) is 6.07 Å². The quantitative estimate of drug-likeness (QED) is 0.731. The van der Waals surface area contributed by atoms with E-state index in [2.05, 4.69) is 17.9 Å². The van der Waals surface area contributed by atoms with Gasteiger partial charge in [-0.15, -0.1) is 0 Å². The highest BCUT2D eigenvalue weighted by atomic mass is 16.3. The van der Waals surface area contributed by atoms with Crippen molar-refractivity contribution >= 4 is 0 Å². The number of benzene rings is 1. The summed E-state index contributed by atoms with van der Waals surface area (Å²) in [4.78, 5) is 2.24. The number of aliphatic hydroxyl groups is 1. The Balaban J connectivity index is 2.42. The molecule has 19 heavy (non-hydrogen) atoms. The van der Waals surface area contributed by atoms with E-state index < -0.39 is 6.10 Å². The molecule has 3 heteroatoms. The van der Waals surface area contributed by atoms with Crippen LogP contribution in [0.1, 0.15) is 43.4 Å². The highest BCUT2D eigenvalue weighted by Gasteiger charge is 2.11. The van der Waals surface area contributed by atoms with Gasteiger partial charge in [0.1, 0.15) is 0 Å². The third kappa shape index (κ3) is 5.87. The van der Waals surface area contributed by atoms with Crippen molar-refractivity contribution in [1.82, 2.24) is 4.90 Å². The van der Waals surface area contributed by atoms with Gasteiger partial charge in [0.15, 0.2) is 0 Å².